The Morgan fingerprint density at radius 3 is 0.746 bits per heavy atom. The summed E-state index contributed by atoms with van der Waals surface area (Å²) >= 11 is 0. The van der Waals surface area contributed by atoms with E-state index in [-0.39, 0.29) is 11.1 Å². The number of hydrogen-bond donors (Lipinski definition) is 0. The third kappa shape index (κ3) is 8.65. The normalized spacial score (nSPS) is 12.8. The van der Waals surface area contributed by atoms with Gasteiger partial charge in [0.2, 0.25) is 0 Å². The van der Waals surface area contributed by atoms with Crippen molar-refractivity contribution in [2.24, 2.45) is 0 Å². The highest BCUT2D eigenvalue weighted by Gasteiger charge is 2.30. The summed E-state index contributed by atoms with van der Waals surface area (Å²) in [5.74, 6) is 0. The first-order valence-electron chi connectivity index (χ1n) is 39.7. The van der Waals surface area contributed by atoms with E-state index in [4.69, 9.17) is 29.9 Å². The molecule has 12 heteroatoms. The largest absolute Gasteiger partial charge is 0.339 e. The van der Waals surface area contributed by atoms with Crippen molar-refractivity contribution in [3.05, 3.63) is 280 Å². The zero-order valence-corrected chi connectivity index (χ0v) is 64.3. The monoisotopic (exact) mass is 1470 g/mol. The van der Waals surface area contributed by atoms with Gasteiger partial charge in [-0.15, -0.1) is 0 Å². The number of fused-ring (bicyclic) bond motifs is 24. The maximum Gasteiger partial charge on any atom is 0.0969 e. The lowest BCUT2D eigenvalue weighted by molar-refractivity contribution is 0.423. The number of para-hydroxylation sites is 2. The minimum absolute atomic E-state index is 0.0730. The van der Waals surface area contributed by atoms with Crippen LogP contribution in [0.5, 0.6) is 0 Å². The molecule has 0 saturated heterocycles. The van der Waals surface area contributed by atoms with E-state index >= 15 is 0 Å². The quantitative estimate of drug-likeness (QED) is 0.163. The minimum Gasteiger partial charge on any atom is -0.339 e. The number of aromatic nitrogens is 12. The van der Waals surface area contributed by atoms with Gasteiger partial charge in [-0.1, -0.05) is 109 Å². The Bertz CT molecular complexity index is 8090. The van der Waals surface area contributed by atoms with Crippen LogP contribution in [0, 0.1) is 0 Å². The topological polar surface area (TPSA) is 107 Å². The summed E-state index contributed by atoms with van der Waals surface area (Å²) in [5, 5.41) is 30.4. The van der Waals surface area contributed by atoms with E-state index in [2.05, 4.69) is 289 Å². The summed E-state index contributed by atoms with van der Waals surface area (Å²) in [6.45, 7) is 19.9. The van der Waals surface area contributed by atoms with Crippen LogP contribution in [0.3, 0.4) is 0 Å². The lowest BCUT2D eigenvalue weighted by Crippen LogP contribution is -2.21. The molecule has 0 saturated carbocycles. The molecule has 0 radical (unpaired) electrons. The lowest BCUT2D eigenvalue weighted by Gasteiger charge is -2.25. The van der Waals surface area contributed by atoms with Crippen molar-refractivity contribution < 1.29 is 0 Å². The Hall–Kier alpha value is -14.1. The van der Waals surface area contributed by atoms with Crippen LogP contribution in [-0.4, -0.2) is 57.3 Å². The molecule has 12 aromatic heterocycles. The molecule has 0 spiro atoms. The molecule has 114 heavy (non-hydrogen) atoms. The van der Waals surface area contributed by atoms with Gasteiger partial charge in [0.05, 0.1) is 99.3 Å². The molecule has 0 amide bonds. The van der Waals surface area contributed by atoms with Crippen molar-refractivity contribution in [1.82, 2.24) is 57.3 Å². The van der Waals surface area contributed by atoms with Crippen LogP contribution in [0.25, 0.3) is 240 Å². The second-order valence-electron chi connectivity index (χ2n) is 33.0. The van der Waals surface area contributed by atoms with E-state index in [0.29, 0.717) is 0 Å². The summed E-state index contributed by atoms with van der Waals surface area (Å²) in [4.78, 5) is 29.4. The maximum absolute atomic E-state index is 4.93. The van der Waals surface area contributed by atoms with E-state index in [1.54, 1.807) is 0 Å². The Morgan fingerprint density at radius 2 is 0.456 bits per heavy atom. The molecule has 26 aromatic rings. The Kier molecular flexibility index (Phi) is 13.2. The Morgan fingerprint density at radius 1 is 0.219 bits per heavy atom. The van der Waals surface area contributed by atoms with Crippen LogP contribution in [0.4, 0.5) is 0 Å². The summed E-state index contributed by atoms with van der Waals surface area (Å²) in [5.41, 5.74) is 22.9. The summed E-state index contributed by atoms with van der Waals surface area (Å²) in [7, 11) is 0. The average Bonchev–Trinajstić information content (AvgIpc) is 1.54. The van der Waals surface area contributed by atoms with Crippen molar-refractivity contribution >= 4 is 229 Å². The molecule has 0 aliphatic heterocycles. The van der Waals surface area contributed by atoms with Gasteiger partial charge in [0.25, 0.3) is 0 Å². The van der Waals surface area contributed by atoms with Crippen molar-refractivity contribution in [1.29, 1.82) is 0 Å². The first-order valence-corrected chi connectivity index (χ1v) is 39.7. The number of rotatable bonds is 4. The van der Waals surface area contributed by atoms with Gasteiger partial charge in [0, 0.05) is 105 Å². The van der Waals surface area contributed by atoms with Crippen LogP contribution >= 0.6 is 0 Å². The molecule has 0 bridgehead atoms. The van der Waals surface area contributed by atoms with Crippen molar-refractivity contribution in [3.63, 3.8) is 0 Å². The van der Waals surface area contributed by atoms with E-state index in [0.717, 1.165) is 68.6 Å². The van der Waals surface area contributed by atoms with Crippen molar-refractivity contribution in [2.75, 3.05) is 0 Å². The highest BCUT2D eigenvalue weighted by Crippen LogP contribution is 2.51. The summed E-state index contributed by atoms with van der Waals surface area (Å²) in [6.07, 6.45) is 11.5. The fraction of sp³-hybridized carbons (Fsp3) is 0.118. The molecule has 0 aliphatic rings. The zero-order chi connectivity index (χ0) is 76.1. The van der Waals surface area contributed by atoms with Gasteiger partial charge < -0.3 is 27.4 Å². The molecule has 26 rings (SSSR count). The lowest BCUT2D eigenvalue weighted by atomic mass is 9.90. The molecule has 14 aromatic carbocycles. The standard InChI is InChI=1S/C38H22N4.C34H30N4.C30H22N4/c1-3-9-25(10-4-1)41-29-13-7-19-39-37(29)35-27-17-16-24-22-32-36(28-18-15-23(21-31(35)41)33(27)34(24)28)38-30(14-8-20-40-38)42(32)26-11-5-2-6-12-26;1-33(2,3)37-23-9-7-15-35-31(23)29-21-13-12-20-18-26-30(22-14-11-19(17-25(29)37)27(21)28(20)22)32-24(10-8-16-36-32)38(26)34(4,5)6;1-3-33-21-7-5-13-31-29(21)27-19-11-10-18-16-24-28(30-22(34(24)4-2)8-6-14-32-30)20-12-9-17(15-23(27)33)25(19)26(18)20/h1-22H;7-18H,1-6H3;5-16H,3-4H2,1-2H3. The minimum atomic E-state index is -0.0730. The fourth-order valence-electron chi connectivity index (χ4n) is 20.7. The van der Waals surface area contributed by atoms with Crippen LogP contribution in [0.15, 0.2) is 280 Å². The Balaban J connectivity index is 0.0000000993. The molecule has 542 valence electrons. The summed E-state index contributed by atoms with van der Waals surface area (Å²) in [6, 6.07) is 88.4. The highest BCUT2D eigenvalue weighted by molar-refractivity contribution is 6.41. The maximum atomic E-state index is 4.93. The molecule has 0 atom stereocenters. The second-order valence-corrected chi connectivity index (χ2v) is 33.0. The predicted molar refractivity (Wildman–Crippen MR) is 479 cm³/mol. The molecule has 0 unspecified atom stereocenters. The first-order chi connectivity index (χ1) is 55.8. The summed E-state index contributed by atoms with van der Waals surface area (Å²) < 4.78 is 14.4. The van der Waals surface area contributed by atoms with Gasteiger partial charge in [-0.05, 0) is 286 Å². The van der Waals surface area contributed by atoms with Crippen LogP contribution in [-0.2, 0) is 24.2 Å². The SMILES string of the molecule is CC(C)(C)n1c2cccnc2c2c3ccc4cc5c(c6ccc(cc21)c3c46)c1ncccc1n5C(C)(C)C.CCn1c2cccnc2c2c3ccc4cc5c(c6ccc(cc21)c3c46)c1ncccc1n5CC.c1ccc(-n2c3cccnc3c3c4ccc5cc6c(c7ccc(cc32)c4c57)c2ncccc2n6-c2ccccc2)cc1. The molecule has 12 nitrogen and oxygen atoms in total. The number of pyridine rings is 6. The van der Waals surface area contributed by atoms with Gasteiger partial charge in [-0.3, -0.25) is 29.9 Å². The smallest absolute Gasteiger partial charge is 0.0969 e. The number of benzene rings is 14. The average molecular weight is 1470 g/mol. The van der Waals surface area contributed by atoms with Crippen LogP contribution in [0.1, 0.15) is 55.4 Å². The molecule has 0 N–H and O–H groups in total. The van der Waals surface area contributed by atoms with Crippen LogP contribution < -0.4 is 0 Å². The van der Waals surface area contributed by atoms with Crippen LogP contribution in [0.2, 0.25) is 0 Å². The van der Waals surface area contributed by atoms with E-state index in [9.17, 15) is 0 Å². The fourth-order valence-corrected chi connectivity index (χ4v) is 20.7. The van der Waals surface area contributed by atoms with E-state index in [1.165, 1.54) is 184 Å². The predicted octanol–water partition coefficient (Wildman–Crippen LogP) is 26.3. The first kappa shape index (κ1) is 64.7. The number of aryl methyl sites for hydroxylation is 2. The third-order valence-corrected chi connectivity index (χ3v) is 24.8. The van der Waals surface area contributed by atoms with E-state index < -0.39 is 0 Å². The second kappa shape index (κ2) is 23.3. The number of nitrogens with zero attached hydrogens (tertiary/aromatic N) is 12. The highest BCUT2D eigenvalue weighted by atomic mass is 15.1. The molecule has 12 heterocycles. The van der Waals surface area contributed by atoms with Gasteiger partial charge in [-0.25, -0.2) is 0 Å². The molecule has 0 aliphatic carbocycles. The van der Waals surface area contributed by atoms with Crippen molar-refractivity contribution in [2.45, 2.75) is 79.6 Å². The number of hydrogen-bond acceptors (Lipinski definition) is 6. The van der Waals surface area contributed by atoms with Gasteiger partial charge in [-0.2, -0.15) is 0 Å². The van der Waals surface area contributed by atoms with E-state index in [1.807, 2.05) is 73.6 Å². The molecule has 0 fully saturated rings. The van der Waals surface area contributed by atoms with Gasteiger partial charge in [0.1, 0.15) is 0 Å². The van der Waals surface area contributed by atoms with Gasteiger partial charge >= 0.3 is 0 Å². The Labute approximate surface area is 652 Å². The third-order valence-electron chi connectivity index (χ3n) is 24.8. The zero-order valence-electron chi connectivity index (χ0n) is 64.3. The molecular formula is C102H74N12. The van der Waals surface area contributed by atoms with Gasteiger partial charge in [0.15, 0.2) is 0 Å². The molecular weight excluding hydrogens is 1390 g/mol. The van der Waals surface area contributed by atoms with Crippen molar-refractivity contribution in [3.8, 4) is 11.4 Å².